The third-order valence-electron chi connectivity index (χ3n) is 5.46. The van der Waals surface area contributed by atoms with Crippen LogP contribution in [-0.2, 0) is 0 Å². The third-order valence-corrected chi connectivity index (χ3v) is 5.46. The molecular weight excluding hydrogens is 338 g/mol. The number of rotatable bonds is 3. The first kappa shape index (κ1) is 17.8. The van der Waals surface area contributed by atoms with Crippen molar-refractivity contribution in [1.29, 1.82) is 0 Å². The van der Waals surface area contributed by atoms with Gasteiger partial charge in [0.05, 0.1) is 17.9 Å². The number of urea groups is 1. The van der Waals surface area contributed by atoms with E-state index in [0.717, 1.165) is 37.7 Å². The van der Waals surface area contributed by atoms with Crippen LogP contribution in [0.2, 0.25) is 0 Å². The maximum Gasteiger partial charge on any atom is 0.322 e. The summed E-state index contributed by atoms with van der Waals surface area (Å²) in [6, 6.07) is 14.2. The number of nitrogens with one attached hydrogen (secondary N) is 1. The van der Waals surface area contributed by atoms with Gasteiger partial charge in [0, 0.05) is 32.7 Å². The first-order valence-corrected chi connectivity index (χ1v) is 9.73. The van der Waals surface area contributed by atoms with Gasteiger partial charge in [-0.2, -0.15) is 0 Å². The summed E-state index contributed by atoms with van der Waals surface area (Å²) in [5.74, 6) is 0.993. The molecule has 0 spiro atoms. The molecule has 1 aromatic carbocycles. The van der Waals surface area contributed by atoms with Gasteiger partial charge in [0.15, 0.2) is 0 Å². The smallest absolute Gasteiger partial charge is 0.322 e. The standard InChI is InChI=1S/C21H27N5O/c1-24-13-14-26(19(16-24)17-7-3-2-4-8-17)21(27)23-18-9-10-20(22-15-18)25-11-5-6-12-25/h2-4,7-10,15,19H,5-6,11-14,16H2,1H3,(H,23,27)/t19-/m1/s1. The van der Waals surface area contributed by atoms with E-state index in [4.69, 9.17) is 0 Å². The lowest BCUT2D eigenvalue weighted by Crippen LogP contribution is -2.50. The first-order valence-electron chi connectivity index (χ1n) is 9.73. The summed E-state index contributed by atoms with van der Waals surface area (Å²) >= 11 is 0. The fourth-order valence-electron chi connectivity index (χ4n) is 3.91. The van der Waals surface area contributed by atoms with E-state index < -0.39 is 0 Å². The highest BCUT2D eigenvalue weighted by molar-refractivity contribution is 5.89. The third kappa shape index (κ3) is 4.06. The molecule has 0 aliphatic carbocycles. The van der Waals surface area contributed by atoms with Crippen molar-refractivity contribution in [3.63, 3.8) is 0 Å². The molecule has 1 N–H and O–H groups in total. The lowest BCUT2D eigenvalue weighted by atomic mass is 10.0. The van der Waals surface area contributed by atoms with Crippen LogP contribution < -0.4 is 10.2 Å². The topological polar surface area (TPSA) is 51.7 Å². The van der Waals surface area contributed by atoms with E-state index in [0.29, 0.717) is 6.54 Å². The van der Waals surface area contributed by atoms with Crippen molar-refractivity contribution in [2.24, 2.45) is 0 Å². The summed E-state index contributed by atoms with van der Waals surface area (Å²) in [6.45, 7) is 4.56. The Hall–Kier alpha value is -2.60. The number of hydrogen-bond acceptors (Lipinski definition) is 4. The Morgan fingerprint density at radius 2 is 1.81 bits per heavy atom. The van der Waals surface area contributed by atoms with Gasteiger partial charge in [0.2, 0.25) is 0 Å². The molecule has 2 amide bonds. The second kappa shape index (κ2) is 7.96. The molecule has 2 fully saturated rings. The lowest BCUT2D eigenvalue weighted by molar-refractivity contribution is 0.116. The van der Waals surface area contributed by atoms with Crippen molar-refractivity contribution in [2.45, 2.75) is 18.9 Å². The van der Waals surface area contributed by atoms with E-state index in [1.165, 1.54) is 18.4 Å². The second-order valence-electron chi connectivity index (χ2n) is 7.41. The van der Waals surface area contributed by atoms with Crippen LogP contribution >= 0.6 is 0 Å². The van der Waals surface area contributed by atoms with Gasteiger partial charge < -0.3 is 20.0 Å². The van der Waals surface area contributed by atoms with E-state index in [1.54, 1.807) is 6.20 Å². The molecule has 142 valence electrons. The molecule has 0 radical (unpaired) electrons. The zero-order valence-electron chi connectivity index (χ0n) is 15.8. The van der Waals surface area contributed by atoms with E-state index in [1.807, 2.05) is 35.2 Å². The number of nitrogens with zero attached hydrogens (tertiary/aromatic N) is 4. The maximum absolute atomic E-state index is 13.0. The molecule has 0 bridgehead atoms. The van der Waals surface area contributed by atoms with Crippen molar-refractivity contribution in [3.8, 4) is 0 Å². The molecule has 2 saturated heterocycles. The molecule has 6 heteroatoms. The first-order chi connectivity index (χ1) is 13.2. The SMILES string of the molecule is CN1CCN(C(=O)Nc2ccc(N3CCCC3)nc2)[C@@H](c2ccccc2)C1. The molecular formula is C21H27N5O. The van der Waals surface area contributed by atoms with Crippen LogP contribution in [0, 0.1) is 0 Å². The average molecular weight is 365 g/mol. The van der Waals surface area contributed by atoms with Gasteiger partial charge in [-0.15, -0.1) is 0 Å². The highest BCUT2D eigenvalue weighted by Crippen LogP contribution is 2.26. The molecule has 2 aliphatic heterocycles. The molecule has 0 saturated carbocycles. The van der Waals surface area contributed by atoms with Crippen LogP contribution in [0.5, 0.6) is 0 Å². The van der Waals surface area contributed by atoms with Crippen LogP contribution in [0.4, 0.5) is 16.3 Å². The molecule has 3 heterocycles. The van der Waals surface area contributed by atoms with E-state index in [9.17, 15) is 4.79 Å². The Labute approximate surface area is 160 Å². The molecule has 1 atom stereocenters. The van der Waals surface area contributed by atoms with Crippen molar-refractivity contribution >= 4 is 17.5 Å². The number of pyridine rings is 1. The molecule has 6 nitrogen and oxygen atoms in total. The minimum absolute atomic E-state index is 0.0572. The minimum atomic E-state index is -0.0623. The van der Waals surface area contributed by atoms with Gasteiger partial charge in [-0.3, -0.25) is 0 Å². The van der Waals surface area contributed by atoms with E-state index in [2.05, 4.69) is 39.3 Å². The number of piperazine rings is 1. The summed E-state index contributed by atoms with van der Waals surface area (Å²) in [7, 11) is 2.10. The number of aromatic nitrogens is 1. The largest absolute Gasteiger partial charge is 0.357 e. The number of anilines is 2. The van der Waals surface area contributed by atoms with Crippen molar-refractivity contribution in [2.75, 3.05) is 50.0 Å². The number of amides is 2. The zero-order valence-corrected chi connectivity index (χ0v) is 15.8. The van der Waals surface area contributed by atoms with Gasteiger partial charge in [0.25, 0.3) is 0 Å². The van der Waals surface area contributed by atoms with Gasteiger partial charge in [-0.25, -0.2) is 9.78 Å². The predicted molar refractivity (Wildman–Crippen MR) is 108 cm³/mol. The summed E-state index contributed by atoms with van der Waals surface area (Å²) in [5, 5.41) is 3.03. The fraction of sp³-hybridized carbons (Fsp3) is 0.429. The Morgan fingerprint density at radius 1 is 1.04 bits per heavy atom. The van der Waals surface area contributed by atoms with Gasteiger partial charge in [-0.05, 0) is 37.6 Å². The number of hydrogen-bond donors (Lipinski definition) is 1. The number of benzene rings is 1. The maximum atomic E-state index is 13.0. The quantitative estimate of drug-likeness (QED) is 0.908. The van der Waals surface area contributed by atoms with E-state index >= 15 is 0 Å². The Morgan fingerprint density at radius 3 is 2.52 bits per heavy atom. The molecule has 27 heavy (non-hydrogen) atoms. The lowest BCUT2D eigenvalue weighted by Gasteiger charge is -2.40. The number of likely N-dealkylation sites (N-methyl/N-ethyl adjacent to an activating group) is 1. The van der Waals surface area contributed by atoms with Gasteiger partial charge in [-0.1, -0.05) is 30.3 Å². The van der Waals surface area contributed by atoms with Crippen LogP contribution in [0.25, 0.3) is 0 Å². The highest BCUT2D eigenvalue weighted by Gasteiger charge is 2.30. The Kier molecular flexibility index (Phi) is 5.25. The average Bonchev–Trinajstić information content (AvgIpc) is 3.24. The van der Waals surface area contributed by atoms with Crippen LogP contribution in [0.1, 0.15) is 24.4 Å². The van der Waals surface area contributed by atoms with Crippen molar-refractivity contribution in [3.05, 3.63) is 54.2 Å². The van der Waals surface area contributed by atoms with Crippen LogP contribution in [0.15, 0.2) is 48.7 Å². The van der Waals surface area contributed by atoms with Crippen molar-refractivity contribution in [1.82, 2.24) is 14.8 Å². The second-order valence-corrected chi connectivity index (χ2v) is 7.41. The molecule has 2 aliphatic rings. The normalized spacial score (nSPS) is 20.7. The Bertz CT molecular complexity index is 758. The summed E-state index contributed by atoms with van der Waals surface area (Å²) in [5.41, 5.74) is 1.91. The summed E-state index contributed by atoms with van der Waals surface area (Å²) in [6.07, 6.45) is 4.22. The zero-order chi connectivity index (χ0) is 18.6. The monoisotopic (exact) mass is 365 g/mol. The molecule has 0 unspecified atom stereocenters. The number of carbonyl (C=O) groups is 1. The Balaban J connectivity index is 1.46. The van der Waals surface area contributed by atoms with Gasteiger partial charge in [0.1, 0.15) is 5.82 Å². The van der Waals surface area contributed by atoms with Crippen LogP contribution in [-0.4, -0.2) is 60.6 Å². The predicted octanol–water partition coefficient (Wildman–Crippen LogP) is 3.20. The highest BCUT2D eigenvalue weighted by atomic mass is 16.2. The fourth-order valence-corrected chi connectivity index (χ4v) is 3.91. The summed E-state index contributed by atoms with van der Waals surface area (Å²) < 4.78 is 0. The molecule has 1 aromatic heterocycles. The molecule has 4 rings (SSSR count). The van der Waals surface area contributed by atoms with E-state index in [-0.39, 0.29) is 12.1 Å². The minimum Gasteiger partial charge on any atom is -0.357 e. The molecule has 2 aromatic rings. The summed E-state index contributed by atoms with van der Waals surface area (Å²) in [4.78, 5) is 24.0. The van der Waals surface area contributed by atoms with Gasteiger partial charge >= 0.3 is 6.03 Å². The van der Waals surface area contributed by atoms with Crippen molar-refractivity contribution < 1.29 is 4.79 Å². The van der Waals surface area contributed by atoms with Crippen LogP contribution in [0.3, 0.4) is 0 Å². The number of carbonyl (C=O) groups excluding carboxylic acids is 1.